The lowest BCUT2D eigenvalue weighted by molar-refractivity contribution is -0.135. The van der Waals surface area contributed by atoms with Gasteiger partial charge in [-0.25, -0.2) is 0 Å². The number of carbonyl (C=O) groups is 2. The summed E-state index contributed by atoms with van der Waals surface area (Å²) in [5.41, 5.74) is 3.28. The van der Waals surface area contributed by atoms with Crippen molar-refractivity contribution in [2.45, 2.75) is 40.5 Å². The Labute approximate surface area is 133 Å². The highest BCUT2D eigenvalue weighted by Crippen LogP contribution is 2.32. The van der Waals surface area contributed by atoms with E-state index in [0.29, 0.717) is 26.1 Å². The van der Waals surface area contributed by atoms with Crippen molar-refractivity contribution >= 4 is 17.5 Å². The predicted octanol–water partition coefficient (Wildman–Crippen LogP) is 2.78. The van der Waals surface area contributed by atoms with E-state index in [0.717, 1.165) is 17.7 Å². The first-order chi connectivity index (χ1) is 10.5. The molecule has 2 rings (SSSR count). The second kappa shape index (κ2) is 6.95. The van der Waals surface area contributed by atoms with Gasteiger partial charge in [0.15, 0.2) is 0 Å². The van der Waals surface area contributed by atoms with Gasteiger partial charge in [0.05, 0.1) is 5.92 Å². The first-order valence-corrected chi connectivity index (χ1v) is 8.21. The fraction of sp³-hybridized carbons (Fsp3) is 0.556. The van der Waals surface area contributed by atoms with Crippen LogP contribution in [0.25, 0.3) is 0 Å². The lowest BCUT2D eigenvalue weighted by Crippen LogP contribution is -2.37. The quantitative estimate of drug-likeness (QED) is 0.839. The van der Waals surface area contributed by atoms with Gasteiger partial charge < -0.3 is 9.80 Å². The molecule has 1 atom stereocenters. The first kappa shape index (κ1) is 16.5. The summed E-state index contributed by atoms with van der Waals surface area (Å²) in [4.78, 5) is 28.6. The van der Waals surface area contributed by atoms with Crippen LogP contribution in [-0.2, 0) is 16.0 Å². The van der Waals surface area contributed by atoms with Crippen LogP contribution >= 0.6 is 0 Å². The van der Waals surface area contributed by atoms with Crippen molar-refractivity contribution in [1.82, 2.24) is 4.90 Å². The average Bonchev–Trinajstić information content (AvgIpc) is 2.89. The van der Waals surface area contributed by atoms with Crippen LogP contribution in [0.5, 0.6) is 0 Å². The number of para-hydroxylation sites is 1. The number of aryl methyl sites for hydroxylation is 2. The Hall–Kier alpha value is -1.84. The summed E-state index contributed by atoms with van der Waals surface area (Å²) in [6.07, 6.45) is 1.21. The highest BCUT2D eigenvalue weighted by molar-refractivity contribution is 6.01. The molecule has 1 aliphatic heterocycles. The zero-order valence-electron chi connectivity index (χ0n) is 14.1. The molecule has 120 valence electrons. The zero-order chi connectivity index (χ0) is 16.3. The number of nitrogens with zero attached hydrogens (tertiary/aromatic N) is 2. The summed E-state index contributed by atoms with van der Waals surface area (Å²) in [5, 5.41) is 0. The molecule has 0 bridgehead atoms. The van der Waals surface area contributed by atoms with Gasteiger partial charge >= 0.3 is 0 Å². The van der Waals surface area contributed by atoms with Crippen molar-refractivity contribution in [3.05, 3.63) is 29.3 Å². The van der Waals surface area contributed by atoms with Crippen molar-refractivity contribution in [1.29, 1.82) is 0 Å². The van der Waals surface area contributed by atoms with Crippen molar-refractivity contribution in [2.75, 3.05) is 24.5 Å². The fourth-order valence-corrected chi connectivity index (χ4v) is 3.27. The summed E-state index contributed by atoms with van der Waals surface area (Å²) >= 11 is 0. The largest absolute Gasteiger partial charge is 0.343 e. The van der Waals surface area contributed by atoms with Gasteiger partial charge in [0.2, 0.25) is 11.8 Å². The number of anilines is 1. The Balaban J connectivity index is 2.26. The minimum atomic E-state index is -0.211. The Morgan fingerprint density at radius 1 is 1.27 bits per heavy atom. The molecule has 1 aromatic carbocycles. The predicted molar refractivity (Wildman–Crippen MR) is 88.9 cm³/mol. The third kappa shape index (κ3) is 3.01. The molecule has 0 spiro atoms. The van der Waals surface area contributed by atoms with Gasteiger partial charge in [0, 0.05) is 31.7 Å². The molecule has 4 nitrogen and oxygen atoms in total. The Morgan fingerprint density at radius 2 is 1.95 bits per heavy atom. The molecule has 0 aromatic heterocycles. The molecule has 2 amide bonds. The van der Waals surface area contributed by atoms with Gasteiger partial charge in [-0.1, -0.05) is 25.1 Å². The van der Waals surface area contributed by atoms with Crippen LogP contribution in [0, 0.1) is 12.8 Å². The van der Waals surface area contributed by atoms with Crippen molar-refractivity contribution in [3.63, 3.8) is 0 Å². The number of benzene rings is 1. The molecule has 1 unspecified atom stereocenters. The Kier molecular flexibility index (Phi) is 5.22. The Bertz CT molecular complexity index is 564. The van der Waals surface area contributed by atoms with Crippen LogP contribution in [0.1, 0.15) is 38.3 Å². The number of rotatable bonds is 5. The van der Waals surface area contributed by atoms with Gasteiger partial charge in [0.25, 0.3) is 0 Å². The highest BCUT2D eigenvalue weighted by atomic mass is 16.2. The molecule has 1 saturated heterocycles. The molecule has 0 saturated carbocycles. The molecular formula is C18H26N2O2. The van der Waals surface area contributed by atoms with Gasteiger partial charge in [0.1, 0.15) is 0 Å². The van der Waals surface area contributed by atoms with E-state index in [1.54, 1.807) is 0 Å². The maximum Gasteiger partial charge on any atom is 0.227 e. The maximum atomic E-state index is 12.5. The average molecular weight is 302 g/mol. The second-order valence-corrected chi connectivity index (χ2v) is 5.85. The van der Waals surface area contributed by atoms with E-state index >= 15 is 0 Å². The van der Waals surface area contributed by atoms with Crippen LogP contribution in [0.15, 0.2) is 18.2 Å². The second-order valence-electron chi connectivity index (χ2n) is 5.85. The van der Waals surface area contributed by atoms with E-state index in [1.165, 1.54) is 5.56 Å². The topological polar surface area (TPSA) is 40.6 Å². The molecule has 1 aromatic rings. The summed E-state index contributed by atoms with van der Waals surface area (Å²) in [6, 6.07) is 6.12. The standard InChI is InChI=1S/C18H26N2O2/c1-5-14-10-8-9-13(4)17(14)20-12-15(11-16(20)21)18(22)19(6-2)7-3/h8-10,15H,5-7,11-12H2,1-4H3. The van der Waals surface area contributed by atoms with E-state index in [-0.39, 0.29) is 17.7 Å². The van der Waals surface area contributed by atoms with Crippen molar-refractivity contribution in [3.8, 4) is 0 Å². The molecule has 0 aliphatic carbocycles. The molecule has 1 heterocycles. The molecule has 1 aliphatic rings. The summed E-state index contributed by atoms with van der Waals surface area (Å²) in [5.74, 6) is -0.0429. The molecule has 0 N–H and O–H groups in total. The summed E-state index contributed by atoms with van der Waals surface area (Å²) in [7, 11) is 0. The number of hydrogen-bond acceptors (Lipinski definition) is 2. The third-order valence-corrected chi connectivity index (χ3v) is 4.52. The van der Waals surface area contributed by atoms with E-state index in [2.05, 4.69) is 13.0 Å². The maximum absolute atomic E-state index is 12.5. The highest BCUT2D eigenvalue weighted by Gasteiger charge is 2.37. The van der Waals surface area contributed by atoms with Crippen LogP contribution in [0.3, 0.4) is 0 Å². The fourth-order valence-electron chi connectivity index (χ4n) is 3.27. The molecule has 22 heavy (non-hydrogen) atoms. The number of amides is 2. The summed E-state index contributed by atoms with van der Waals surface area (Å²) < 4.78 is 0. The molecule has 4 heteroatoms. The lowest BCUT2D eigenvalue weighted by atomic mass is 10.0. The zero-order valence-corrected chi connectivity index (χ0v) is 14.1. The van der Waals surface area contributed by atoms with Crippen molar-refractivity contribution in [2.24, 2.45) is 5.92 Å². The molecule has 1 fully saturated rings. The SMILES string of the molecule is CCc1cccc(C)c1N1CC(C(=O)N(CC)CC)CC1=O. The van der Waals surface area contributed by atoms with E-state index in [9.17, 15) is 9.59 Å². The third-order valence-electron chi connectivity index (χ3n) is 4.52. The smallest absolute Gasteiger partial charge is 0.227 e. The van der Waals surface area contributed by atoms with Crippen molar-refractivity contribution < 1.29 is 9.59 Å². The van der Waals surface area contributed by atoms with E-state index in [4.69, 9.17) is 0 Å². The van der Waals surface area contributed by atoms with Crippen LogP contribution in [0.2, 0.25) is 0 Å². The normalized spacial score (nSPS) is 17.9. The van der Waals surface area contributed by atoms with E-state index < -0.39 is 0 Å². The van der Waals surface area contributed by atoms with Crippen LogP contribution < -0.4 is 4.90 Å². The van der Waals surface area contributed by atoms with Gasteiger partial charge in [-0.2, -0.15) is 0 Å². The molecule has 0 radical (unpaired) electrons. The summed E-state index contributed by atoms with van der Waals surface area (Å²) in [6.45, 7) is 9.98. The first-order valence-electron chi connectivity index (χ1n) is 8.21. The monoisotopic (exact) mass is 302 g/mol. The van der Waals surface area contributed by atoms with Crippen LogP contribution in [0.4, 0.5) is 5.69 Å². The Morgan fingerprint density at radius 3 is 2.55 bits per heavy atom. The van der Waals surface area contributed by atoms with Crippen LogP contribution in [-0.4, -0.2) is 36.3 Å². The minimum Gasteiger partial charge on any atom is -0.343 e. The lowest BCUT2D eigenvalue weighted by Gasteiger charge is -2.24. The van der Waals surface area contributed by atoms with Gasteiger partial charge in [-0.15, -0.1) is 0 Å². The number of hydrogen-bond donors (Lipinski definition) is 0. The number of carbonyl (C=O) groups excluding carboxylic acids is 2. The van der Waals surface area contributed by atoms with Gasteiger partial charge in [-0.3, -0.25) is 9.59 Å². The minimum absolute atomic E-state index is 0.0644. The van der Waals surface area contributed by atoms with Gasteiger partial charge in [-0.05, 0) is 38.3 Å². The van der Waals surface area contributed by atoms with E-state index in [1.807, 2.05) is 42.7 Å². The molecular weight excluding hydrogens is 276 g/mol.